The van der Waals surface area contributed by atoms with Crippen molar-refractivity contribution >= 4 is 0 Å². The quantitative estimate of drug-likeness (QED) is 0.309. The van der Waals surface area contributed by atoms with Crippen LogP contribution in [0.4, 0.5) is 8.78 Å². The molecule has 2 saturated carbocycles. The topological polar surface area (TPSA) is 18.5 Å². The van der Waals surface area contributed by atoms with Gasteiger partial charge < -0.3 is 9.47 Å². The van der Waals surface area contributed by atoms with Crippen LogP contribution < -0.4 is 4.74 Å². The van der Waals surface area contributed by atoms with E-state index >= 15 is 0 Å². The van der Waals surface area contributed by atoms with E-state index in [-0.39, 0.29) is 18.5 Å². The van der Waals surface area contributed by atoms with Crippen LogP contribution in [0.25, 0.3) is 0 Å². The van der Waals surface area contributed by atoms with Gasteiger partial charge in [0.05, 0.1) is 0 Å². The lowest BCUT2D eigenvalue weighted by Crippen LogP contribution is -2.25. The van der Waals surface area contributed by atoms with E-state index in [0.717, 1.165) is 43.4 Å². The van der Waals surface area contributed by atoms with Crippen molar-refractivity contribution in [1.82, 2.24) is 0 Å². The highest BCUT2D eigenvalue weighted by atomic mass is 19.2. The number of halogens is 2. The molecule has 0 N–H and O–H groups in total. The number of benzene rings is 1. The number of hydrogen-bond donors (Lipinski definition) is 0. The predicted octanol–water partition coefficient (Wildman–Crippen LogP) is 7.61. The van der Waals surface area contributed by atoms with Crippen LogP contribution in [0.1, 0.15) is 96.0 Å². The van der Waals surface area contributed by atoms with Crippen molar-refractivity contribution in [1.29, 1.82) is 0 Å². The molecule has 0 amide bonds. The van der Waals surface area contributed by atoms with Crippen LogP contribution in [0.2, 0.25) is 0 Å². The molecule has 0 spiro atoms. The second-order valence-electron chi connectivity index (χ2n) is 9.07. The zero-order chi connectivity index (χ0) is 20.6. The highest BCUT2D eigenvalue weighted by Crippen LogP contribution is 2.45. The molecular formula is C25H38F2O2. The molecule has 29 heavy (non-hydrogen) atoms. The zero-order valence-electron chi connectivity index (χ0n) is 18.2. The van der Waals surface area contributed by atoms with Crippen LogP contribution in [0, 0.1) is 29.4 Å². The summed E-state index contributed by atoms with van der Waals surface area (Å²) in [4.78, 5) is 0. The van der Waals surface area contributed by atoms with Crippen molar-refractivity contribution in [3.63, 3.8) is 0 Å². The normalized spacial score (nSPS) is 27.7. The van der Waals surface area contributed by atoms with Crippen molar-refractivity contribution in [2.24, 2.45) is 17.8 Å². The third-order valence-corrected chi connectivity index (χ3v) is 7.31. The molecule has 1 aromatic rings. The maximum atomic E-state index is 14.7. The molecule has 0 aromatic heterocycles. The SMILES string of the molecule is CCCCC1CCC(C2CCC(c3ccc(OCOCC)c(F)c3F)CC2)CC1. The van der Waals surface area contributed by atoms with Gasteiger partial charge in [0.25, 0.3) is 0 Å². The first kappa shape index (κ1) is 22.5. The fourth-order valence-electron chi connectivity index (χ4n) is 5.50. The molecule has 0 unspecified atom stereocenters. The molecule has 0 atom stereocenters. The fourth-order valence-corrected chi connectivity index (χ4v) is 5.50. The Balaban J connectivity index is 1.50. The monoisotopic (exact) mass is 408 g/mol. The third kappa shape index (κ3) is 5.93. The summed E-state index contributed by atoms with van der Waals surface area (Å²) >= 11 is 0. The Kier molecular flexibility index (Phi) is 8.77. The molecule has 164 valence electrons. The minimum Gasteiger partial charge on any atom is -0.464 e. The molecular weight excluding hydrogens is 370 g/mol. The van der Waals surface area contributed by atoms with Gasteiger partial charge in [-0.15, -0.1) is 0 Å². The van der Waals surface area contributed by atoms with E-state index in [4.69, 9.17) is 9.47 Å². The fraction of sp³-hybridized carbons (Fsp3) is 0.760. The largest absolute Gasteiger partial charge is 0.464 e. The highest BCUT2D eigenvalue weighted by Gasteiger charge is 2.32. The Morgan fingerprint density at radius 1 is 0.862 bits per heavy atom. The molecule has 2 fully saturated rings. The third-order valence-electron chi connectivity index (χ3n) is 7.31. The van der Waals surface area contributed by atoms with Crippen molar-refractivity contribution in [2.75, 3.05) is 13.4 Å². The van der Waals surface area contributed by atoms with Gasteiger partial charge in [-0.25, -0.2) is 4.39 Å². The van der Waals surface area contributed by atoms with E-state index in [1.165, 1.54) is 44.9 Å². The summed E-state index contributed by atoms with van der Waals surface area (Å²) in [5, 5.41) is 0. The lowest BCUT2D eigenvalue weighted by molar-refractivity contribution is 0.0197. The van der Waals surface area contributed by atoms with E-state index in [0.29, 0.717) is 12.2 Å². The van der Waals surface area contributed by atoms with Gasteiger partial charge in [0.1, 0.15) is 0 Å². The van der Waals surface area contributed by atoms with E-state index in [1.807, 2.05) is 6.92 Å². The second kappa shape index (κ2) is 11.3. The van der Waals surface area contributed by atoms with Gasteiger partial charge in [-0.1, -0.05) is 45.1 Å². The van der Waals surface area contributed by atoms with Gasteiger partial charge in [0.15, 0.2) is 18.4 Å². The van der Waals surface area contributed by atoms with Crippen molar-refractivity contribution < 1.29 is 18.3 Å². The molecule has 0 saturated heterocycles. The Morgan fingerprint density at radius 3 is 2.14 bits per heavy atom. The molecule has 2 aliphatic carbocycles. The average Bonchev–Trinajstić information content (AvgIpc) is 2.76. The Morgan fingerprint density at radius 2 is 1.52 bits per heavy atom. The lowest BCUT2D eigenvalue weighted by atomic mass is 9.68. The summed E-state index contributed by atoms with van der Waals surface area (Å²) in [6, 6.07) is 3.26. The van der Waals surface area contributed by atoms with Gasteiger partial charge >= 0.3 is 0 Å². The maximum Gasteiger partial charge on any atom is 0.201 e. The summed E-state index contributed by atoms with van der Waals surface area (Å²) in [6.07, 6.45) is 13.9. The van der Waals surface area contributed by atoms with E-state index in [9.17, 15) is 8.78 Å². The van der Waals surface area contributed by atoms with Crippen LogP contribution >= 0.6 is 0 Å². The van der Waals surface area contributed by atoms with E-state index in [1.54, 1.807) is 12.1 Å². The number of rotatable bonds is 9. The van der Waals surface area contributed by atoms with Crippen LogP contribution in [0.5, 0.6) is 5.75 Å². The first-order valence-corrected chi connectivity index (χ1v) is 11.8. The summed E-state index contributed by atoms with van der Waals surface area (Å²) in [5.74, 6) is 1.03. The molecule has 0 radical (unpaired) electrons. The van der Waals surface area contributed by atoms with Crippen LogP contribution in [0.15, 0.2) is 12.1 Å². The van der Waals surface area contributed by atoms with Gasteiger partial charge in [-0.2, -0.15) is 4.39 Å². The summed E-state index contributed by atoms with van der Waals surface area (Å²) in [7, 11) is 0. The second-order valence-corrected chi connectivity index (χ2v) is 9.07. The summed E-state index contributed by atoms with van der Waals surface area (Å²) in [5.41, 5.74) is 0.521. The van der Waals surface area contributed by atoms with E-state index in [2.05, 4.69) is 6.92 Å². The number of unbranched alkanes of at least 4 members (excludes halogenated alkanes) is 1. The minimum absolute atomic E-state index is 0.0575. The standard InChI is InChI=1S/C25H38F2O2/c1-3-5-6-18-7-9-19(10-8-18)20-11-13-21(14-12-20)22-15-16-23(25(27)24(22)26)29-17-28-4-2/h15-16,18-21H,3-14,17H2,1-2H3. The van der Waals surface area contributed by atoms with Crippen LogP contribution in [-0.4, -0.2) is 13.4 Å². The van der Waals surface area contributed by atoms with Gasteiger partial charge in [-0.05, 0) is 80.8 Å². The molecule has 2 nitrogen and oxygen atoms in total. The van der Waals surface area contributed by atoms with Crippen LogP contribution in [0.3, 0.4) is 0 Å². The number of ether oxygens (including phenoxy) is 2. The lowest BCUT2D eigenvalue weighted by Gasteiger charge is -2.38. The molecule has 1 aromatic carbocycles. The maximum absolute atomic E-state index is 14.7. The van der Waals surface area contributed by atoms with Crippen molar-refractivity contribution in [3.05, 3.63) is 29.3 Å². The zero-order valence-corrected chi connectivity index (χ0v) is 18.2. The van der Waals surface area contributed by atoms with E-state index < -0.39 is 11.6 Å². The van der Waals surface area contributed by atoms with Crippen molar-refractivity contribution in [2.45, 2.75) is 90.4 Å². The molecule has 2 aliphatic rings. The van der Waals surface area contributed by atoms with Crippen molar-refractivity contribution in [3.8, 4) is 5.75 Å². The van der Waals surface area contributed by atoms with Gasteiger partial charge in [0, 0.05) is 6.61 Å². The average molecular weight is 409 g/mol. The first-order valence-electron chi connectivity index (χ1n) is 11.8. The molecule has 3 rings (SSSR count). The minimum atomic E-state index is -0.880. The Labute approximate surface area is 175 Å². The highest BCUT2D eigenvalue weighted by molar-refractivity contribution is 5.33. The predicted molar refractivity (Wildman–Crippen MR) is 113 cm³/mol. The smallest absolute Gasteiger partial charge is 0.201 e. The molecule has 0 bridgehead atoms. The number of hydrogen-bond acceptors (Lipinski definition) is 2. The summed E-state index contributed by atoms with van der Waals surface area (Å²) in [6.45, 7) is 4.53. The first-order chi connectivity index (χ1) is 14.1. The van der Waals surface area contributed by atoms with Gasteiger partial charge in [-0.3, -0.25) is 0 Å². The molecule has 0 aliphatic heterocycles. The van der Waals surface area contributed by atoms with Gasteiger partial charge in [0.2, 0.25) is 5.82 Å². The summed E-state index contributed by atoms with van der Waals surface area (Å²) < 4.78 is 39.3. The van der Waals surface area contributed by atoms with Crippen LogP contribution in [-0.2, 0) is 4.74 Å². The molecule has 4 heteroatoms. The molecule has 0 heterocycles. The Bertz CT molecular complexity index is 617. The Hall–Kier alpha value is -1.16.